The maximum atomic E-state index is 10.1. The predicted molar refractivity (Wildman–Crippen MR) is 126 cm³/mol. The summed E-state index contributed by atoms with van der Waals surface area (Å²) in [5.74, 6) is 0.103. The summed E-state index contributed by atoms with van der Waals surface area (Å²) < 4.78 is 2.12. The van der Waals surface area contributed by atoms with E-state index in [1.54, 1.807) is 18.3 Å². The van der Waals surface area contributed by atoms with Gasteiger partial charge < -0.3 is 31.1 Å². The van der Waals surface area contributed by atoms with Gasteiger partial charge in [0, 0.05) is 37.3 Å². The summed E-state index contributed by atoms with van der Waals surface area (Å²) in [5, 5.41) is 27.6. The Morgan fingerprint density at radius 2 is 1.90 bits per heavy atom. The first kappa shape index (κ1) is 23.2. The summed E-state index contributed by atoms with van der Waals surface area (Å²) in [6.07, 6.45) is 1.69. The Labute approximate surface area is 187 Å². The van der Waals surface area contributed by atoms with E-state index in [1.165, 1.54) is 11.8 Å². The van der Waals surface area contributed by atoms with Crippen molar-refractivity contribution in [3.05, 3.63) is 30.0 Å². The number of hydrogen-bond donors (Lipinski definition) is 5. The summed E-state index contributed by atoms with van der Waals surface area (Å²) in [4.78, 5) is 9.75. The number of imidazole rings is 1. The van der Waals surface area contributed by atoms with E-state index in [9.17, 15) is 10.2 Å². The molecule has 3 aromatic rings. The number of nitrogens with two attached hydrogens (primary N) is 1. The van der Waals surface area contributed by atoms with Crippen molar-refractivity contribution in [1.82, 2.24) is 25.2 Å². The van der Waals surface area contributed by atoms with Crippen molar-refractivity contribution < 1.29 is 10.2 Å². The number of hydrogen-bond acceptors (Lipinski definition) is 8. The molecular weight excluding hydrogens is 412 g/mol. The fourth-order valence-corrected chi connectivity index (χ4v) is 4.26. The number of nitrogens with one attached hydrogen (secondary N) is 2. The molecule has 8 nitrogen and oxygen atoms in total. The quantitative estimate of drug-likeness (QED) is 0.252. The van der Waals surface area contributed by atoms with Crippen molar-refractivity contribution in [2.45, 2.75) is 50.8 Å². The first-order chi connectivity index (χ1) is 14.7. The smallest absolute Gasteiger partial charge is 0.174 e. The van der Waals surface area contributed by atoms with Crippen LogP contribution in [0.5, 0.6) is 11.5 Å². The summed E-state index contributed by atoms with van der Waals surface area (Å²) in [6.45, 7) is 12.4. The molecule has 2 heterocycles. The Hall–Kier alpha value is -2.49. The number of rotatable bonds is 9. The van der Waals surface area contributed by atoms with Gasteiger partial charge in [0.15, 0.2) is 22.5 Å². The van der Waals surface area contributed by atoms with Crippen molar-refractivity contribution in [2.24, 2.45) is 5.41 Å². The highest BCUT2D eigenvalue weighted by molar-refractivity contribution is 7.99. The molecule has 0 saturated heterocycles. The fourth-order valence-electron chi connectivity index (χ4n) is 3.19. The van der Waals surface area contributed by atoms with Gasteiger partial charge in [0.05, 0.1) is 5.52 Å². The highest BCUT2D eigenvalue weighted by Gasteiger charge is 2.18. The highest BCUT2D eigenvalue weighted by atomic mass is 32.2. The second-order valence-corrected chi connectivity index (χ2v) is 9.69. The second kappa shape index (κ2) is 9.76. The lowest BCUT2D eigenvalue weighted by molar-refractivity contribution is 0.375. The lowest BCUT2D eigenvalue weighted by Gasteiger charge is -2.19. The molecular formula is C22H32N6O2S. The van der Waals surface area contributed by atoms with Gasteiger partial charge in [0.2, 0.25) is 0 Å². The molecule has 0 saturated carbocycles. The van der Waals surface area contributed by atoms with Crippen LogP contribution in [-0.2, 0) is 13.1 Å². The van der Waals surface area contributed by atoms with Crippen LogP contribution in [-0.4, -0.2) is 44.4 Å². The van der Waals surface area contributed by atoms with Crippen LogP contribution in [0.2, 0.25) is 0 Å². The van der Waals surface area contributed by atoms with Crippen molar-refractivity contribution in [3.8, 4) is 11.5 Å². The number of aromatic hydroxyl groups is 2. The number of anilines is 1. The minimum absolute atomic E-state index is 0.134. The Kier molecular flexibility index (Phi) is 7.30. The third-order valence-corrected chi connectivity index (χ3v) is 5.85. The molecule has 0 amide bonds. The topological polar surface area (TPSA) is 121 Å². The predicted octanol–water partition coefficient (Wildman–Crippen LogP) is 3.32. The molecule has 0 aliphatic carbocycles. The zero-order valence-electron chi connectivity index (χ0n) is 18.6. The Morgan fingerprint density at radius 1 is 1.16 bits per heavy atom. The standard InChI is InChI=1S/C22H32N6O2S/c1-5-24-12-14-10-16(29)17(30)11-18(14)31-21-27-19-15(6-7-26-20(19)23)28(21)9-8-25-13-22(2,3)4/h6-7,10-11,24-25,29-30H,5,8-9,12-13H2,1-4H3,(H2,23,26). The molecule has 0 atom stereocenters. The average molecular weight is 445 g/mol. The van der Waals surface area contributed by atoms with Crippen LogP contribution < -0.4 is 16.4 Å². The van der Waals surface area contributed by atoms with E-state index in [0.29, 0.717) is 24.4 Å². The summed E-state index contributed by atoms with van der Waals surface area (Å²) in [5.41, 5.74) is 8.76. The van der Waals surface area contributed by atoms with Gasteiger partial charge in [-0.3, -0.25) is 0 Å². The van der Waals surface area contributed by atoms with E-state index in [1.807, 2.05) is 13.0 Å². The molecule has 168 valence electrons. The Morgan fingerprint density at radius 3 is 2.61 bits per heavy atom. The van der Waals surface area contributed by atoms with Gasteiger partial charge in [-0.15, -0.1) is 0 Å². The third kappa shape index (κ3) is 5.81. The molecule has 0 radical (unpaired) electrons. The monoisotopic (exact) mass is 444 g/mol. The van der Waals surface area contributed by atoms with Crippen LogP contribution in [0.1, 0.15) is 33.3 Å². The molecule has 0 aliphatic heterocycles. The van der Waals surface area contributed by atoms with Gasteiger partial charge in [0.1, 0.15) is 5.52 Å². The van der Waals surface area contributed by atoms with E-state index in [4.69, 9.17) is 10.7 Å². The number of fused-ring (bicyclic) bond motifs is 1. The summed E-state index contributed by atoms with van der Waals surface area (Å²) >= 11 is 1.44. The average Bonchev–Trinajstić information content (AvgIpc) is 3.05. The first-order valence-electron chi connectivity index (χ1n) is 10.4. The van der Waals surface area contributed by atoms with E-state index in [0.717, 1.165) is 40.8 Å². The largest absolute Gasteiger partial charge is 0.504 e. The zero-order valence-corrected chi connectivity index (χ0v) is 19.4. The zero-order chi connectivity index (χ0) is 22.6. The SMILES string of the molecule is CCNCc1cc(O)c(O)cc1Sc1nc2c(N)nccc2n1CCNCC(C)(C)C. The maximum Gasteiger partial charge on any atom is 0.174 e. The Bertz CT molecular complexity index is 1040. The molecule has 31 heavy (non-hydrogen) atoms. The number of nitrogens with zero attached hydrogens (tertiary/aromatic N) is 3. The second-order valence-electron chi connectivity index (χ2n) is 8.68. The summed E-state index contributed by atoms with van der Waals surface area (Å²) in [7, 11) is 0. The van der Waals surface area contributed by atoms with E-state index >= 15 is 0 Å². The minimum atomic E-state index is -0.154. The normalized spacial score (nSPS) is 12.0. The number of benzene rings is 1. The molecule has 0 spiro atoms. The van der Waals surface area contributed by atoms with Crippen molar-refractivity contribution >= 4 is 28.6 Å². The van der Waals surface area contributed by atoms with Gasteiger partial charge >= 0.3 is 0 Å². The first-order valence-corrected chi connectivity index (χ1v) is 11.3. The molecule has 0 unspecified atom stereocenters. The molecule has 0 aliphatic rings. The fraction of sp³-hybridized carbons (Fsp3) is 0.455. The lowest BCUT2D eigenvalue weighted by atomic mass is 9.97. The number of phenolic OH excluding ortho intramolecular Hbond substituents is 2. The lowest BCUT2D eigenvalue weighted by Crippen LogP contribution is -2.29. The molecule has 0 fully saturated rings. The van der Waals surface area contributed by atoms with Crippen LogP contribution >= 0.6 is 11.8 Å². The molecule has 2 aromatic heterocycles. The van der Waals surface area contributed by atoms with E-state index in [2.05, 4.69) is 41.0 Å². The summed E-state index contributed by atoms with van der Waals surface area (Å²) in [6, 6.07) is 5.09. The number of nitrogen functional groups attached to an aromatic ring is 1. The molecule has 0 bridgehead atoms. The van der Waals surface area contributed by atoms with Gasteiger partial charge in [-0.05, 0) is 35.7 Å². The van der Waals surface area contributed by atoms with E-state index < -0.39 is 0 Å². The minimum Gasteiger partial charge on any atom is -0.504 e. The van der Waals surface area contributed by atoms with Gasteiger partial charge in [-0.25, -0.2) is 9.97 Å². The van der Waals surface area contributed by atoms with Crippen LogP contribution in [0.4, 0.5) is 5.82 Å². The highest BCUT2D eigenvalue weighted by Crippen LogP contribution is 2.38. The van der Waals surface area contributed by atoms with Gasteiger partial charge in [-0.2, -0.15) is 0 Å². The van der Waals surface area contributed by atoms with Gasteiger partial charge in [-0.1, -0.05) is 39.5 Å². The van der Waals surface area contributed by atoms with E-state index in [-0.39, 0.29) is 16.9 Å². The molecule has 3 rings (SSSR count). The maximum absolute atomic E-state index is 10.1. The van der Waals surface area contributed by atoms with Crippen molar-refractivity contribution in [2.75, 3.05) is 25.4 Å². The van der Waals surface area contributed by atoms with Crippen LogP contribution in [0.15, 0.2) is 34.4 Å². The third-order valence-electron chi connectivity index (χ3n) is 4.75. The van der Waals surface area contributed by atoms with Crippen molar-refractivity contribution in [3.63, 3.8) is 0 Å². The van der Waals surface area contributed by atoms with Crippen molar-refractivity contribution in [1.29, 1.82) is 0 Å². The Balaban J connectivity index is 1.94. The number of aromatic nitrogens is 3. The van der Waals surface area contributed by atoms with Crippen LogP contribution in [0.25, 0.3) is 11.0 Å². The molecule has 9 heteroatoms. The molecule has 1 aromatic carbocycles. The number of phenols is 2. The van der Waals surface area contributed by atoms with Crippen LogP contribution in [0, 0.1) is 5.41 Å². The van der Waals surface area contributed by atoms with Crippen LogP contribution in [0.3, 0.4) is 0 Å². The molecule has 6 N–H and O–H groups in total. The number of pyridine rings is 1. The van der Waals surface area contributed by atoms with Gasteiger partial charge in [0.25, 0.3) is 0 Å².